The number of hydrogen-bond acceptors (Lipinski definition) is 6. The molecule has 1 aromatic heterocycles. The van der Waals surface area contributed by atoms with Crippen LogP contribution in [0.1, 0.15) is 29.5 Å². The Morgan fingerprint density at radius 1 is 1.03 bits per heavy atom. The molecule has 1 heterocycles. The second kappa shape index (κ2) is 11.0. The van der Waals surface area contributed by atoms with Crippen LogP contribution in [0.3, 0.4) is 0 Å². The fraction of sp³-hybridized carbons (Fsp3) is 0.385. The van der Waals surface area contributed by atoms with Crippen LogP contribution in [0.15, 0.2) is 35.4 Å². The summed E-state index contributed by atoms with van der Waals surface area (Å²) in [5.41, 5.74) is 4.15. The Kier molecular flexibility index (Phi) is 8.11. The van der Waals surface area contributed by atoms with Crippen molar-refractivity contribution in [3.05, 3.63) is 57.6 Å². The first-order valence-corrected chi connectivity index (χ1v) is 11.4. The zero-order valence-corrected chi connectivity index (χ0v) is 21.1. The van der Waals surface area contributed by atoms with Gasteiger partial charge in [0.25, 0.3) is 5.56 Å². The van der Waals surface area contributed by atoms with E-state index in [4.69, 9.17) is 9.47 Å². The molecule has 0 atom stereocenters. The van der Waals surface area contributed by atoms with E-state index in [1.165, 1.54) is 30.0 Å². The van der Waals surface area contributed by atoms with Gasteiger partial charge in [-0.05, 0) is 44.4 Å². The predicted octanol–water partition coefficient (Wildman–Crippen LogP) is 3.22. The molecule has 2 aromatic carbocycles. The topological polar surface area (TPSA) is 103 Å². The lowest BCUT2D eigenvalue weighted by atomic mass is 10.1. The molecule has 186 valence electrons. The summed E-state index contributed by atoms with van der Waals surface area (Å²) in [6, 6.07) is 7.28. The molecule has 0 saturated heterocycles. The van der Waals surface area contributed by atoms with Crippen LogP contribution < -0.4 is 20.3 Å². The molecule has 3 aromatic rings. The summed E-state index contributed by atoms with van der Waals surface area (Å²) in [6.45, 7) is 6.17. The number of carbonyl (C=O) groups is 2. The summed E-state index contributed by atoms with van der Waals surface area (Å²) in [6.07, 6.45) is 2.09. The van der Waals surface area contributed by atoms with Crippen molar-refractivity contribution in [2.45, 2.75) is 40.2 Å². The van der Waals surface area contributed by atoms with Crippen LogP contribution in [-0.2, 0) is 16.1 Å². The normalized spacial score (nSPS) is 10.8. The highest BCUT2D eigenvalue weighted by Gasteiger charge is 2.16. The molecular formula is C26H32N4O5. The molecular weight excluding hydrogens is 448 g/mol. The molecule has 0 fully saturated rings. The predicted molar refractivity (Wildman–Crippen MR) is 135 cm³/mol. The summed E-state index contributed by atoms with van der Waals surface area (Å²) >= 11 is 0. The molecule has 0 aliphatic rings. The number of benzene rings is 2. The number of carbonyl (C=O) groups excluding carboxylic acids is 2. The maximum Gasteiger partial charge on any atom is 0.261 e. The van der Waals surface area contributed by atoms with E-state index in [0.717, 1.165) is 22.4 Å². The van der Waals surface area contributed by atoms with Gasteiger partial charge in [0.05, 0.1) is 38.0 Å². The van der Waals surface area contributed by atoms with E-state index in [1.807, 2.05) is 32.9 Å². The molecule has 1 N–H and O–H groups in total. The smallest absolute Gasteiger partial charge is 0.261 e. The Morgan fingerprint density at radius 3 is 2.29 bits per heavy atom. The fourth-order valence-corrected chi connectivity index (χ4v) is 4.10. The first-order chi connectivity index (χ1) is 16.6. The van der Waals surface area contributed by atoms with Crippen LogP contribution in [0.2, 0.25) is 0 Å². The minimum Gasteiger partial charge on any atom is -0.493 e. The number of aryl methyl sites for hydroxylation is 4. The summed E-state index contributed by atoms with van der Waals surface area (Å²) in [4.78, 5) is 43.7. The van der Waals surface area contributed by atoms with Crippen molar-refractivity contribution >= 4 is 28.4 Å². The van der Waals surface area contributed by atoms with Crippen molar-refractivity contribution in [1.29, 1.82) is 0 Å². The Morgan fingerprint density at radius 2 is 1.66 bits per heavy atom. The SMILES string of the molecule is COc1cc2ncn(CCCC(=O)N(C)CC(=O)Nc3c(C)cc(C)cc3C)c(=O)c2cc1OC. The van der Waals surface area contributed by atoms with E-state index in [1.54, 1.807) is 19.2 Å². The van der Waals surface area contributed by atoms with E-state index in [0.29, 0.717) is 35.4 Å². The van der Waals surface area contributed by atoms with E-state index >= 15 is 0 Å². The van der Waals surface area contributed by atoms with Gasteiger partial charge in [-0.15, -0.1) is 0 Å². The molecule has 0 saturated carbocycles. The zero-order chi connectivity index (χ0) is 25.7. The van der Waals surface area contributed by atoms with Gasteiger partial charge in [-0.1, -0.05) is 17.7 Å². The van der Waals surface area contributed by atoms with Crippen molar-refractivity contribution < 1.29 is 19.1 Å². The monoisotopic (exact) mass is 480 g/mol. The largest absolute Gasteiger partial charge is 0.493 e. The fourth-order valence-electron chi connectivity index (χ4n) is 4.10. The average Bonchev–Trinajstić information content (AvgIpc) is 2.81. The summed E-state index contributed by atoms with van der Waals surface area (Å²) in [5.74, 6) is 0.513. The lowest BCUT2D eigenvalue weighted by Crippen LogP contribution is -2.35. The number of fused-ring (bicyclic) bond motifs is 1. The van der Waals surface area contributed by atoms with Gasteiger partial charge < -0.3 is 19.7 Å². The summed E-state index contributed by atoms with van der Waals surface area (Å²) < 4.78 is 12.0. The van der Waals surface area contributed by atoms with E-state index < -0.39 is 0 Å². The molecule has 0 aliphatic heterocycles. The van der Waals surface area contributed by atoms with Crippen LogP contribution >= 0.6 is 0 Å². The molecule has 0 bridgehead atoms. The van der Waals surface area contributed by atoms with E-state index in [2.05, 4.69) is 10.3 Å². The van der Waals surface area contributed by atoms with Crippen molar-refractivity contribution in [2.24, 2.45) is 0 Å². The third kappa shape index (κ3) is 5.98. The highest BCUT2D eigenvalue weighted by Crippen LogP contribution is 2.29. The van der Waals surface area contributed by atoms with Crippen molar-refractivity contribution in [3.8, 4) is 11.5 Å². The zero-order valence-electron chi connectivity index (χ0n) is 21.1. The van der Waals surface area contributed by atoms with Gasteiger partial charge in [-0.2, -0.15) is 0 Å². The Hall–Kier alpha value is -3.88. The third-order valence-electron chi connectivity index (χ3n) is 5.87. The Bertz CT molecular complexity index is 1290. The lowest BCUT2D eigenvalue weighted by Gasteiger charge is -2.18. The minimum absolute atomic E-state index is 0.0509. The number of amides is 2. The second-order valence-corrected chi connectivity index (χ2v) is 8.64. The van der Waals surface area contributed by atoms with Crippen LogP contribution in [0.25, 0.3) is 10.9 Å². The van der Waals surface area contributed by atoms with Gasteiger partial charge in [-0.25, -0.2) is 4.98 Å². The number of aromatic nitrogens is 2. The van der Waals surface area contributed by atoms with Crippen molar-refractivity contribution in [3.63, 3.8) is 0 Å². The van der Waals surface area contributed by atoms with Gasteiger partial charge in [0.15, 0.2) is 11.5 Å². The number of likely N-dealkylation sites (N-methyl/N-ethyl adjacent to an activating group) is 1. The standard InChI is InChI=1S/C26H32N4O5/c1-16-10-17(2)25(18(3)11-16)28-23(31)14-29(4)24(32)8-7-9-30-15-27-20-13-22(35-6)21(34-5)12-19(20)26(30)33/h10-13,15H,7-9,14H2,1-6H3,(H,28,31). The molecule has 0 spiro atoms. The number of ether oxygens (including phenoxy) is 2. The number of anilines is 1. The van der Waals surface area contributed by atoms with E-state index in [-0.39, 0.29) is 30.3 Å². The molecule has 0 aliphatic carbocycles. The van der Waals surface area contributed by atoms with Gasteiger partial charge in [0.1, 0.15) is 0 Å². The highest BCUT2D eigenvalue weighted by atomic mass is 16.5. The minimum atomic E-state index is -0.254. The molecule has 35 heavy (non-hydrogen) atoms. The number of nitrogens with one attached hydrogen (secondary N) is 1. The van der Waals surface area contributed by atoms with Crippen LogP contribution in [0.5, 0.6) is 11.5 Å². The first-order valence-electron chi connectivity index (χ1n) is 11.4. The first kappa shape index (κ1) is 25.7. The second-order valence-electron chi connectivity index (χ2n) is 8.64. The maximum atomic E-state index is 12.9. The summed E-state index contributed by atoms with van der Waals surface area (Å²) in [7, 11) is 4.62. The summed E-state index contributed by atoms with van der Waals surface area (Å²) in [5, 5.41) is 3.32. The Labute approximate surface area is 204 Å². The van der Waals surface area contributed by atoms with Gasteiger partial charge in [0.2, 0.25) is 11.8 Å². The van der Waals surface area contributed by atoms with Crippen LogP contribution in [-0.4, -0.2) is 54.1 Å². The molecule has 9 nitrogen and oxygen atoms in total. The lowest BCUT2D eigenvalue weighted by molar-refractivity contribution is -0.133. The van der Waals surface area contributed by atoms with E-state index in [9.17, 15) is 14.4 Å². The number of rotatable bonds is 9. The van der Waals surface area contributed by atoms with Crippen LogP contribution in [0.4, 0.5) is 5.69 Å². The third-order valence-corrected chi connectivity index (χ3v) is 5.87. The molecule has 0 unspecified atom stereocenters. The molecule has 2 amide bonds. The van der Waals surface area contributed by atoms with Crippen LogP contribution in [0, 0.1) is 20.8 Å². The maximum absolute atomic E-state index is 12.9. The number of nitrogens with zero attached hydrogens (tertiary/aromatic N) is 3. The quantitative estimate of drug-likeness (QED) is 0.505. The Balaban J connectivity index is 1.58. The van der Waals surface area contributed by atoms with Crippen molar-refractivity contribution in [1.82, 2.24) is 14.5 Å². The van der Waals surface area contributed by atoms with Gasteiger partial charge in [0, 0.05) is 31.8 Å². The van der Waals surface area contributed by atoms with Gasteiger partial charge in [-0.3, -0.25) is 19.0 Å². The average molecular weight is 481 g/mol. The molecule has 9 heteroatoms. The molecule has 3 rings (SSSR count). The molecule has 0 radical (unpaired) electrons. The highest BCUT2D eigenvalue weighted by molar-refractivity contribution is 5.95. The van der Waals surface area contributed by atoms with Crippen molar-refractivity contribution in [2.75, 3.05) is 33.1 Å². The van der Waals surface area contributed by atoms with Gasteiger partial charge >= 0.3 is 0 Å². The number of hydrogen-bond donors (Lipinski definition) is 1. The number of methoxy groups -OCH3 is 2.